The van der Waals surface area contributed by atoms with E-state index in [0.717, 1.165) is 28.5 Å². The molecule has 3 aliphatic heterocycles. The summed E-state index contributed by atoms with van der Waals surface area (Å²) in [6, 6.07) is 9.25. The van der Waals surface area contributed by atoms with E-state index in [2.05, 4.69) is 55.8 Å². The van der Waals surface area contributed by atoms with Crippen molar-refractivity contribution in [2.75, 3.05) is 6.54 Å². The summed E-state index contributed by atoms with van der Waals surface area (Å²) in [6.07, 6.45) is 5.83. The third-order valence-electron chi connectivity index (χ3n) is 8.47. The van der Waals surface area contributed by atoms with Crippen LogP contribution in [0.4, 0.5) is 0 Å². The number of furan rings is 1. The SMILES string of the molecule is Cc1ccc2c(oc3ncccc32)c1C12CC3CC(C1)C(C)(C)N(C3)C2C. The van der Waals surface area contributed by atoms with Gasteiger partial charge in [-0.05, 0) is 76.5 Å². The Morgan fingerprint density at radius 2 is 2.00 bits per heavy atom. The zero-order chi connectivity index (χ0) is 18.6. The topological polar surface area (TPSA) is 29.3 Å². The summed E-state index contributed by atoms with van der Waals surface area (Å²) in [5, 5.41) is 2.38. The summed E-state index contributed by atoms with van der Waals surface area (Å²) in [7, 11) is 0. The van der Waals surface area contributed by atoms with Gasteiger partial charge in [0.1, 0.15) is 5.58 Å². The van der Waals surface area contributed by atoms with Crippen molar-refractivity contribution in [1.29, 1.82) is 0 Å². The lowest BCUT2D eigenvalue weighted by molar-refractivity contribution is -0.156. The summed E-state index contributed by atoms with van der Waals surface area (Å²) in [5.41, 5.74) is 5.25. The molecule has 4 fully saturated rings. The van der Waals surface area contributed by atoms with E-state index >= 15 is 0 Å². The molecule has 0 spiro atoms. The zero-order valence-electron chi connectivity index (χ0n) is 16.7. The highest BCUT2D eigenvalue weighted by Gasteiger charge is 2.62. The van der Waals surface area contributed by atoms with E-state index < -0.39 is 0 Å². The van der Waals surface area contributed by atoms with Crippen LogP contribution in [-0.4, -0.2) is 28.0 Å². The Morgan fingerprint density at radius 1 is 1.15 bits per heavy atom. The average Bonchev–Trinajstić information content (AvgIpc) is 3.01. The Morgan fingerprint density at radius 3 is 2.85 bits per heavy atom. The van der Waals surface area contributed by atoms with Crippen LogP contribution < -0.4 is 0 Å². The van der Waals surface area contributed by atoms with Gasteiger partial charge in [-0.15, -0.1) is 0 Å². The molecule has 2 aromatic heterocycles. The lowest BCUT2D eigenvalue weighted by Crippen LogP contribution is -2.73. The van der Waals surface area contributed by atoms with Crippen LogP contribution in [0.15, 0.2) is 34.9 Å². The molecular formula is C24H28N2O. The first-order valence-corrected chi connectivity index (χ1v) is 10.5. The Labute approximate surface area is 160 Å². The highest BCUT2D eigenvalue weighted by Crippen LogP contribution is 2.62. The van der Waals surface area contributed by atoms with Crippen molar-refractivity contribution >= 4 is 22.1 Å². The van der Waals surface area contributed by atoms with Crippen molar-refractivity contribution in [1.82, 2.24) is 9.88 Å². The second kappa shape index (κ2) is 4.94. The van der Waals surface area contributed by atoms with Crippen LogP contribution >= 0.6 is 0 Å². The number of benzene rings is 1. The maximum absolute atomic E-state index is 6.42. The average molecular weight is 361 g/mol. The van der Waals surface area contributed by atoms with E-state index in [1.54, 1.807) is 0 Å². The number of aryl methyl sites for hydroxylation is 1. The van der Waals surface area contributed by atoms with Gasteiger partial charge in [0.25, 0.3) is 0 Å². The largest absolute Gasteiger partial charge is 0.437 e. The minimum absolute atomic E-state index is 0.207. The quantitative estimate of drug-likeness (QED) is 0.579. The standard InChI is InChI=1S/C24H28N2O/c1-14-7-8-18-19-6-5-9-25-22(19)27-21(18)20(14)24-11-16-10-17(12-24)23(3,4)26(13-16)15(24)2/h5-9,15-17H,10-13H2,1-4H3. The second-order valence-electron chi connectivity index (χ2n) is 9.94. The molecule has 5 atom stereocenters. The van der Waals surface area contributed by atoms with Gasteiger partial charge in [0.15, 0.2) is 0 Å². The summed E-state index contributed by atoms with van der Waals surface area (Å²) < 4.78 is 6.42. The van der Waals surface area contributed by atoms with Gasteiger partial charge in [0.2, 0.25) is 5.71 Å². The summed E-state index contributed by atoms with van der Waals surface area (Å²) in [6.45, 7) is 11.0. The van der Waals surface area contributed by atoms with Gasteiger partial charge in [-0.1, -0.05) is 12.1 Å². The third-order valence-corrected chi connectivity index (χ3v) is 8.47. The third kappa shape index (κ3) is 1.84. The van der Waals surface area contributed by atoms with Crippen molar-refractivity contribution in [2.45, 2.75) is 64.0 Å². The number of aromatic nitrogens is 1. The van der Waals surface area contributed by atoms with Crippen LogP contribution in [0.2, 0.25) is 0 Å². The molecule has 3 aromatic rings. The summed E-state index contributed by atoms with van der Waals surface area (Å²) in [4.78, 5) is 7.32. The monoisotopic (exact) mass is 360 g/mol. The summed E-state index contributed by atoms with van der Waals surface area (Å²) >= 11 is 0. The highest BCUT2D eigenvalue weighted by atomic mass is 16.3. The lowest BCUT2D eigenvalue weighted by atomic mass is 9.49. The van der Waals surface area contributed by atoms with E-state index in [0.29, 0.717) is 11.6 Å². The van der Waals surface area contributed by atoms with Crippen molar-refractivity contribution in [3.8, 4) is 0 Å². The molecule has 3 heteroatoms. The van der Waals surface area contributed by atoms with Crippen molar-refractivity contribution in [3.05, 3.63) is 41.6 Å². The number of nitrogens with zero attached hydrogens (tertiary/aromatic N) is 2. The van der Waals surface area contributed by atoms with E-state index in [-0.39, 0.29) is 5.41 Å². The second-order valence-corrected chi connectivity index (χ2v) is 9.94. The van der Waals surface area contributed by atoms with Crippen molar-refractivity contribution in [2.24, 2.45) is 11.8 Å². The Kier molecular flexibility index (Phi) is 2.95. The fraction of sp³-hybridized carbons (Fsp3) is 0.542. The first-order valence-electron chi connectivity index (χ1n) is 10.5. The fourth-order valence-corrected chi connectivity index (χ4v) is 7.13. The van der Waals surface area contributed by atoms with E-state index in [4.69, 9.17) is 4.42 Å². The maximum Gasteiger partial charge on any atom is 0.227 e. The number of piperidine rings is 3. The highest BCUT2D eigenvalue weighted by molar-refractivity contribution is 6.05. The number of hydrogen-bond donors (Lipinski definition) is 0. The molecule has 7 rings (SSSR count). The minimum Gasteiger partial charge on any atom is -0.437 e. The van der Waals surface area contributed by atoms with E-state index in [1.807, 2.05) is 12.3 Å². The molecule has 140 valence electrons. The molecule has 1 aromatic carbocycles. The molecule has 5 heterocycles. The van der Waals surface area contributed by atoms with Gasteiger partial charge in [-0.3, -0.25) is 4.90 Å². The van der Waals surface area contributed by atoms with Crippen molar-refractivity contribution in [3.63, 3.8) is 0 Å². The normalized spacial score (nSPS) is 36.7. The lowest BCUT2D eigenvalue weighted by Gasteiger charge is -2.69. The molecule has 4 bridgehead atoms. The molecule has 0 amide bonds. The van der Waals surface area contributed by atoms with Gasteiger partial charge < -0.3 is 4.42 Å². The Bertz CT molecular complexity index is 1080. The van der Waals surface area contributed by atoms with E-state index in [9.17, 15) is 0 Å². The number of fused-ring (bicyclic) bond motifs is 3. The molecule has 0 N–H and O–H groups in total. The van der Waals surface area contributed by atoms with Crippen LogP contribution in [0.1, 0.15) is 51.2 Å². The summed E-state index contributed by atoms with van der Waals surface area (Å²) in [5.74, 6) is 1.60. The Balaban J connectivity index is 1.65. The zero-order valence-corrected chi connectivity index (χ0v) is 16.7. The molecule has 0 radical (unpaired) electrons. The molecule has 5 unspecified atom stereocenters. The predicted octanol–water partition coefficient (Wildman–Crippen LogP) is 5.44. The number of rotatable bonds is 1. The van der Waals surface area contributed by atoms with Crippen LogP contribution in [0, 0.1) is 18.8 Å². The van der Waals surface area contributed by atoms with Crippen molar-refractivity contribution < 1.29 is 4.42 Å². The molecule has 3 nitrogen and oxygen atoms in total. The van der Waals surface area contributed by atoms with Crippen LogP contribution in [0.25, 0.3) is 22.1 Å². The smallest absolute Gasteiger partial charge is 0.227 e. The predicted molar refractivity (Wildman–Crippen MR) is 109 cm³/mol. The molecular weight excluding hydrogens is 332 g/mol. The van der Waals surface area contributed by atoms with Gasteiger partial charge in [-0.25, -0.2) is 4.98 Å². The number of hydrogen-bond acceptors (Lipinski definition) is 3. The molecule has 27 heavy (non-hydrogen) atoms. The van der Waals surface area contributed by atoms with Gasteiger partial charge in [0, 0.05) is 46.1 Å². The molecule has 4 aliphatic rings. The van der Waals surface area contributed by atoms with Crippen LogP contribution in [0.5, 0.6) is 0 Å². The number of pyridine rings is 1. The van der Waals surface area contributed by atoms with E-state index in [1.165, 1.54) is 42.3 Å². The fourth-order valence-electron chi connectivity index (χ4n) is 7.13. The first kappa shape index (κ1) is 16.1. The minimum atomic E-state index is 0.207. The van der Waals surface area contributed by atoms with Crippen LogP contribution in [0.3, 0.4) is 0 Å². The maximum atomic E-state index is 6.42. The van der Waals surface area contributed by atoms with Crippen LogP contribution in [-0.2, 0) is 5.41 Å². The molecule has 1 saturated carbocycles. The Hall–Kier alpha value is -1.87. The first-order chi connectivity index (χ1) is 12.9. The van der Waals surface area contributed by atoms with Gasteiger partial charge in [0.05, 0.1) is 0 Å². The molecule has 3 saturated heterocycles. The van der Waals surface area contributed by atoms with Gasteiger partial charge in [-0.2, -0.15) is 0 Å². The van der Waals surface area contributed by atoms with Gasteiger partial charge >= 0.3 is 0 Å². The molecule has 1 aliphatic carbocycles.